The van der Waals surface area contributed by atoms with Crippen LogP contribution in [0.2, 0.25) is 0 Å². The monoisotopic (exact) mass is 276 g/mol. The highest BCUT2D eigenvalue weighted by Crippen LogP contribution is 2.43. The molecular weight excluding hydrogens is 252 g/mol. The van der Waals surface area contributed by atoms with Crippen LogP contribution in [0, 0.1) is 5.41 Å². The molecule has 1 amide bonds. The van der Waals surface area contributed by atoms with Gasteiger partial charge in [-0.05, 0) is 24.7 Å². The molecule has 2 rings (SSSR count). The second-order valence-electron chi connectivity index (χ2n) is 6.08. The molecule has 0 aliphatic heterocycles. The van der Waals surface area contributed by atoms with Crippen molar-refractivity contribution in [3.8, 4) is 0 Å². The van der Waals surface area contributed by atoms with E-state index in [9.17, 15) is 4.79 Å². The SMILES string of the molecule is CCC1(CNC(=O)c2nc(C(C)C)ncc2N)CCC1. The summed E-state index contributed by atoms with van der Waals surface area (Å²) in [5.41, 5.74) is 6.75. The van der Waals surface area contributed by atoms with Crippen LogP contribution in [0.4, 0.5) is 5.69 Å². The molecule has 5 nitrogen and oxygen atoms in total. The molecule has 1 aromatic heterocycles. The Hall–Kier alpha value is -1.65. The van der Waals surface area contributed by atoms with E-state index in [1.54, 1.807) is 0 Å². The summed E-state index contributed by atoms with van der Waals surface area (Å²) in [5.74, 6) is 0.639. The van der Waals surface area contributed by atoms with Crippen molar-refractivity contribution in [3.63, 3.8) is 0 Å². The van der Waals surface area contributed by atoms with E-state index in [1.807, 2.05) is 13.8 Å². The van der Waals surface area contributed by atoms with E-state index in [0.29, 0.717) is 29.2 Å². The number of carbonyl (C=O) groups excluding carboxylic acids is 1. The maximum absolute atomic E-state index is 12.3. The molecule has 0 radical (unpaired) electrons. The van der Waals surface area contributed by atoms with Crippen molar-refractivity contribution in [1.82, 2.24) is 15.3 Å². The smallest absolute Gasteiger partial charge is 0.272 e. The largest absolute Gasteiger partial charge is 0.396 e. The first kappa shape index (κ1) is 14.8. The lowest BCUT2D eigenvalue weighted by molar-refractivity contribution is 0.0846. The lowest BCUT2D eigenvalue weighted by Gasteiger charge is -2.41. The van der Waals surface area contributed by atoms with E-state index in [4.69, 9.17) is 5.73 Å². The van der Waals surface area contributed by atoms with E-state index in [0.717, 1.165) is 6.42 Å². The Kier molecular flexibility index (Phi) is 4.26. The van der Waals surface area contributed by atoms with Crippen LogP contribution < -0.4 is 11.1 Å². The second kappa shape index (κ2) is 5.77. The van der Waals surface area contributed by atoms with E-state index < -0.39 is 0 Å². The first-order valence-corrected chi connectivity index (χ1v) is 7.38. The molecule has 0 saturated heterocycles. The van der Waals surface area contributed by atoms with Crippen molar-refractivity contribution in [2.45, 2.75) is 52.4 Å². The van der Waals surface area contributed by atoms with Gasteiger partial charge in [0, 0.05) is 12.5 Å². The molecule has 1 aromatic rings. The Morgan fingerprint density at radius 3 is 2.70 bits per heavy atom. The molecule has 1 fully saturated rings. The number of rotatable bonds is 5. The minimum atomic E-state index is -0.188. The van der Waals surface area contributed by atoms with Gasteiger partial charge >= 0.3 is 0 Å². The molecule has 3 N–H and O–H groups in total. The lowest BCUT2D eigenvalue weighted by atomic mass is 9.67. The third kappa shape index (κ3) is 2.92. The fourth-order valence-corrected chi connectivity index (χ4v) is 2.55. The molecule has 1 heterocycles. The van der Waals surface area contributed by atoms with E-state index in [-0.39, 0.29) is 11.8 Å². The Morgan fingerprint density at radius 1 is 1.50 bits per heavy atom. The van der Waals surface area contributed by atoms with Crippen LogP contribution in [0.3, 0.4) is 0 Å². The summed E-state index contributed by atoms with van der Waals surface area (Å²) >= 11 is 0. The minimum absolute atomic E-state index is 0.177. The van der Waals surface area contributed by atoms with Crippen molar-refractivity contribution < 1.29 is 4.79 Å². The average molecular weight is 276 g/mol. The van der Waals surface area contributed by atoms with Crippen LogP contribution in [0.5, 0.6) is 0 Å². The molecule has 0 aromatic carbocycles. The molecule has 0 unspecified atom stereocenters. The molecule has 0 spiro atoms. The van der Waals surface area contributed by atoms with Gasteiger partial charge in [0.05, 0.1) is 11.9 Å². The molecule has 0 bridgehead atoms. The zero-order valence-electron chi connectivity index (χ0n) is 12.6. The standard InChI is InChI=1S/C15H24N4O/c1-4-15(6-5-7-15)9-18-14(20)12-11(16)8-17-13(19-12)10(2)3/h8,10H,4-7,9,16H2,1-3H3,(H,18,20). The number of hydrogen-bond acceptors (Lipinski definition) is 4. The molecule has 110 valence electrons. The van der Waals surface area contributed by atoms with Crippen molar-refractivity contribution in [1.29, 1.82) is 0 Å². The van der Waals surface area contributed by atoms with Gasteiger partial charge in [0.15, 0.2) is 5.69 Å². The fraction of sp³-hybridized carbons (Fsp3) is 0.667. The van der Waals surface area contributed by atoms with Crippen LogP contribution >= 0.6 is 0 Å². The highest BCUT2D eigenvalue weighted by Gasteiger charge is 2.35. The van der Waals surface area contributed by atoms with E-state index >= 15 is 0 Å². The van der Waals surface area contributed by atoms with Gasteiger partial charge in [-0.3, -0.25) is 4.79 Å². The zero-order chi connectivity index (χ0) is 14.8. The Bertz CT molecular complexity index is 489. The number of aromatic nitrogens is 2. The maximum Gasteiger partial charge on any atom is 0.272 e. The van der Waals surface area contributed by atoms with Crippen molar-refractivity contribution in [3.05, 3.63) is 17.7 Å². The molecule has 1 saturated carbocycles. The summed E-state index contributed by atoms with van der Waals surface area (Å²) in [6.45, 7) is 6.88. The summed E-state index contributed by atoms with van der Waals surface area (Å²) in [6.07, 6.45) is 6.28. The van der Waals surface area contributed by atoms with Crippen LogP contribution in [0.15, 0.2) is 6.20 Å². The van der Waals surface area contributed by atoms with Gasteiger partial charge in [-0.15, -0.1) is 0 Å². The fourth-order valence-electron chi connectivity index (χ4n) is 2.55. The minimum Gasteiger partial charge on any atom is -0.396 e. The number of anilines is 1. The Labute approximate surface area is 120 Å². The van der Waals surface area contributed by atoms with Gasteiger partial charge in [-0.2, -0.15) is 0 Å². The van der Waals surface area contributed by atoms with Gasteiger partial charge in [0.1, 0.15) is 5.82 Å². The number of nitrogen functional groups attached to an aromatic ring is 1. The van der Waals surface area contributed by atoms with Crippen LogP contribution in [-0.4, -0.2) is 22.4 Å². The van der Waals surface area contributed by atoms with E-state index in [2.05, 4.69) is 22.2 Å². The lowest BCUT2D eigenvalue weighted by Crippen LogP contribution is -2.42. The quantitative estimate of drug-likeness (QED) is 0.865. The zero-order valence-corrected chi connectivity index (χ0v) is 12.6. The summed E-state index contributed by atoms with van der Waals surface area (Å²) in [4.78, 5) is 20.7. The topological polar surface area (TPSA) is 80.9 Å². The second-order valence-corrected chi connectivity index (χ2v) is 6.08. The number of nitrogens with one attached hydrogen (secondary N) is 1. The maximum atomic E-state index is 12.3. The molecule has 1 aliphatic carbocycles. The molecular formula is C15H24N4O. The number of nitrogens with two attached hydrogens (primary N) is 1. The third-order valence-corrected chi connectivity index (χ3v) is 4.36. The number of nitrogens with zero attached hydrogens (tertiary/aromatic N) is 2. The van der Waals surface area contributed by atoms with Gasteiger partial charge in [-0.1, -0.05) is 27.2 Å². The van der Waals surface area contributed by atoms with Gasteiger partial charge in [0.25, 0.3) is 5.91 Å². The van der Waals surface area contributed by atoms with Crippen molar-refractivity contribution >= 4 is 11.6 Å². The Balaban J connectivity index is 2.07. The molecule has 5 heteroatoms. The van der Waals surface area contributed by atoms with Crippen LogP contribution in [-0.2, 0) is 0 Å². The number of amides is 1. The Morgan fingerprint density at radius 2 is 2.20 bits per heavy atom. The van der Waals surface area contributed by atoms with Crippen molar-refractivity contribution in [2.24, 2.45) is 5.41 Å². The summed E-state index contributed by atoms with van der Waals surface area (Å²) in [5, 5.41) is 2.99. The molecule has 0 atom stereocenters. The van der Waals surface area contributed by atoms with Gasteiger partial charge in [-0.25, -0.2) is 9.97 Å². The van der Waals surface area contributed by atoms with Gasteiger partial charge in [0.2, 0.25) is 0 Å². The van der Waals surface area contributed by atoms with Crippen molar-refractivity contribution in [2.75, 3.05) is 12.3 Å². The van der Waals surface area contributed by atoms with Gasteiger partial charge < -0.3 is 11.1 Å². The highest BCUT2D eigenvalue weighted by atomic mass is 16.1. The molecule has 20 heavy (non-hydrogen) atoms. The summed E-state index contributed by atoms with van der Waals surface area (Å²) in [7, 11) is 0. The number of carbonyl (C=O) groups is 1. The highest BCUT2D eigenvalue weighted by molar-refractivity contribution is 5.96. The average Bonchev–Trinajstić information content (AvgIpc) is 2.38. The van der Waals surface area contributed by atoms with Crippen LogP contribution in [0.25, 0.3) is 0 Å². The normalized spacial score (nSPS) is 16.8. The van der Waals surface area contributed by atoms with E-state index in [1.165, 1.54) is 25.5 Å². The van der Waals surface area contributed by atoms with Crippen LogP contribution in [0.1, 0.15) is 68.7 Å². The molecule has 1 aliphatic rings. The summed E-state index contributed by atoms with van der Waals surface area (Å²) < 4.78 is 0. The third-order valence-electron chi connectivity index (χ3n) is 4.36. The first-order valence-electron chi connectivity index (χ1n) is 7.38. The predicted octanol–water partition coefficient (Wildman–Crippen LogP) is 2.49. The predicted molar refractivity (Wildman–Crippen MR) is 79.4 cm³/mol. The number of hydrogen-bond donors (Lipinski definition) is 2. The first-order chi connectivity index (χ1) is 9.47. The summed E-state index contributed by atoms with van der Waals surface area (Å²) in [6, 6.07) is 0.